The van der Waals surface area contributed by atoms with E-state index >= 15 is 0 Å². The summed E-state index contributed by atoms with van der Waals surface area (Å²) in [5.41, 5.74) is 1.71. The van der Waals surface area contributed by atoms with Gasteiger partial charge in [0.2, 0.25) is 10.0 Å². The van der Waals surface area contributed by atoms with Gasteiger partial charge in [0.25, 0.3) is 0 Å². The van der Waals surface area contributed by atoms with E-state index in [1.165, 1.54) is 0 Å². The summed E-state index contributed by atoms with van der Waals surface area (Å²) in [6.07, 6.45) is 2.19. The first-order valence-corrected chi connectivity index (χ1v) is 8.15. The molecule has 1 aliphatic heterocycles. The van der Waals surface area contributed by atoms with Gasteiger partial charge in [-0.25, -0.2) is 13.6 Å². The van der Waals surface area contributed by atoms with Crippen LogP contribution in [0, 0.1) is 5.92 Å². The fraction of sp³-hybridized carbons (Fsp3) is 0.538. The van der Waals surface area contributed by atoms with E-state index in [4.69, 9.17) is 9.88 Å². The molecule has 5 nitrogen and oxygen atoms in total. The van der Waals surface area contributed by atoms with Gasteiger partial charge in [-0.15, -0.1) is 0 Å². The fourth-order valence-corrected chi connectivity index (χ4v) is 2.82. The molecule has 2 rings (SSSR count). The SMILES string of the molecule is NS(=O)(=O)Cc1ccc(NCC2CCOCC2)cc1. The van der Waals surface area contributed by atoms with Crippen molar-refractivity contribution in [1.29, 1.82) is 0 Å². The minimum atomic E-state index is -3.45. The highest BCUT2D eigenvalue weighted by molar-refractivity contribution is 7.88. The molecule has 1 aromatic rings. The van der Waals surface area contributed by atoms with Gasteiger partial charge in [-0.3, -0.25) is 0 Å². The quantitative estimate of drug-likeness (QED) is 0.854. The van der Waals surface area contributed by atoms with E-state index in [0.717, 1.165) is 38.3 Å². The Morgan fingerprint density at radius 3 is 2.42 bits per heavy atom. The lowest BCUT2D eigenvalue weighted by Crippen LogP contribution is -2.22. The first-order valence-electron chi connectivity index (χ1n) is 6.44. The Labute approximate surface area is 114 Å². The van der Waals surface area contributed by atoms with Crippen molar-refractivity contribution >= 4 is 15.7 Å². The fourth-order valence-electron chi connectivity index (χ4n) is 2.16. The van der Waals surface area contributed by atoms with E-state index < -0.39 is 10.0 Å². The van der Waals surface area contributed by atoms with Crippen LogP contribution < -0.4 is 10.5 Å². The Balaban J connectivity index is 1.84. The summed E-state index contributed by atoms with van der Waals surface area (Å²) in [7, 11) is -3.45. The van der Waals surface area contributed by atoms with Crippen molar-refractivity contribution in [3.63, 3.8) is 0 Å². The van der Waals surface area contributed by atoms with Crippen LogP contribution in [0.5, 0.6) is 0 Å². The lowest BCUT2D eigenvalue weighted by Gasteiger charge is -2.22. The molecule has 1 aromatic carbocycles. The lowest BCUT2D eigenvalue weighted by molar-refractivity contribution is 0.0699. The molecule has 0 spiro atoms. The molecule has 0 radical (unpaired) electrons. The van der Waals surface area contributed by atoms with Gasteiger partial charge in [-0.1, -0.05) is 12.1 Å². The predicted molar refractivity (Wildman–Crippen MR) is 75.3 cm³/mol. The van der Waals surface area contributed by atoms with Crippen LogP contribution in [0.15, 0.2) is 24.3 Å². The molecule has 3 N–H and O–H groups in total. The molecule has 19 heavy (non-hydrogen) atoms. The third kappa shape index (κ3) is 5.18. The van der Waals surface area contributed by atoms with Gasteiger partial charge in [-0.2, -0.15) is 0 Å². The van der Waals surface area contributed by atoms with Crippen molar-refractivity contribution in [1.82, 2.24) is 0 Å². The van der Waals surface area contributed by atoms with Crippen LogP contribution in [-0.2, 0) is 20.5 Å². The number of nitrogens with two attached hydrogens (primary N) is 1. The maximum atomic E-state index is 11.0. The maximum absolute atomic E-state index is 11.0. The summed E-state index contributed by atoms with van der Waals surface area (Å²) in [5, 5.41) is 8.37. The number of primary sulfonamides is 1. The summed E-state index contributed by atoms with van der Waals surface area (Å²) in [5.74, 6) is 0.533. The summed E-state index contributed by atoms with van der Waals surface area (Å²) in [6, 6.07) is 7.35. The van der Waals surface area contributed by atoms with E-state index in [0.29, 0.717) is 11.5 Å². The predicted octanol–water partition coefficient (Wildman–Crippen LogP) is 1.31. The molecule has 1 aliphatic rings. The molecule has 0 aromatic heterocycles. The summed E-state index contributed by atoms with van der Waals surface area (Å²) >= 11 is 0. The van der Waals surface area contributed by atoms with Crippen molar-refractivity contribution in [2.24, 2.45) is 11.1 Å². The Morgan fingerprint density at radius 2 is 1.84 bits per heavy atom. The molecule has 6 heteroatoms. The molecule has 1 fully saturated rings. The van der Waals surface area contributed by atoms with Gasteiger partial charge in [0.1, 0.15) is 0 Å². The number of ether oxygens (including phenoxy) is 1. The Kier molecular flexibility index (Phi) is 4.79. The summed E-state index contributed by atoms with van der Waals surface area (Å²) in [6.45, 7) is 2.62. The minimum Gasteiger partial charge on any atom is -0.385 e. The molecule has 0 unspecified atom stereocenters. The molecule has 1 heterocycles. The normalized spacial score (nSPS) is 17.3. The molecule has 0 bridgehead atoms. The van der Waals surface area contributed by atoms with Gasteiger partial charge in [0.05, 0.1) is 5.75 Å². The molecular weight excluding hydrogens is 264 g/mol. The highest BCUT2D eigenvalue weighted by Crippen LogP contribution is 2.17. The Morgan fingerprint density at radius 1 is 1.21 bits per heavy atom. The zero-order chi connectivity index (χ0) is 13.7. The van der Waals surface area contributed by atoms with Gasteiger partial charge in [0.15, 0.2) is 0 Å². The highest BCUT2D eigenvalue weighted by Gasteiger charge is 2.13. The average molecular weight is 284 g/mol. The summed E-state index contributed by atoms with van der Waals surface area (Å²) < 4.78 is 27.3. The smallest absolute Gasteiger partial charge is 0.213 e. The van der Waals surface area contributed by atoms with E-state index in [1.807, 2.05) is 12.1 Å². The van der Waals surface area contributed by atoms with Gasteiger partial charge < -0.3 is 10.1 Å². The second-order valence-corrected chi connectivity index (χ2v) is 6.56. The van der Waals surface area contributed by atoms with E-state index in [-0.39, 0.29) is 5.75 Å². The highest BCUT2D eigenvalue weighted by atomic mass is 32.2. The van der Waals surface area contributed by atoms with E-state index in [1.54, 1.807) is 12.1 Å². The molecule has 0 saturated carbocycles. The number of sulfonamides is 1. The van der Waals surface area contributed by atoms with Crippen molar-refractivity contribution in [2.45, 2.75) is 18.6 Å². The van der Waals surface area contributed by atoms with Crippen LogP contribution in [0.3, 0.4) is 0 Å². The molecule has 106 valence electrons. The first kappa shape index (κ1) is 14.3. The molecule has 0 amide bonds. The maximum Gasteiger partial charge on any atom is 0.213 e. The molecular formula is C13H20N2O3S. The van der Waals surface area contributed by atoms with Crippen molar-refractivity contribution in [3.8, 4) is 0 Å². The zero-order valence-electron chi connectivity index (χ0n) is 10.8. The summed E-state index contributed by atoms with van der Waals surface area (Å²) in [4.78, 5) is 0. The third-order valence-electron chi connectivity index (χ3n) is 3.26. The zero-order valence-corrected chi connectivity index (χ0v) is 11.7. The topological polar surface area (TPSA) is 81.4 Å². The largest absolute Gasteiger partial charge is 0.385 e. The van der Waals surface area contributed by atoms with Crippen LogP contribution in [0.4, 0.5) is 5.69 Å². The van der Waals surface area contributed by atoms with Crippen LogP contribution >= 0.6 is 0 Å². The monoisotopic (exact) mass is 284 g/mol. The Hall–Kier alpha value is -1.11. The molecule has 0 aliphatic carbocycles. The van der Waals surface area contributed by atoms with Gasteiger partial charge in [0, 0.05) is 25.4 Å². The number of anilines is 1. The van der Waals surface area contributed by atoms with Gasteiger partial charge in [-0.05, 0) is 36.5 Å². The standard InChI is InChI=1S/C13H20N2O3S/c14-19(16,17)10-12-1-3-13(4-2-12)15-9-11-5-7-18-8-6-11/h1-4,11,15H,5-10H2,(H2,14,16,17). The number of nitrogens with one attached hydrogen (secondary N) is 1. The minimum absolute atomic E-state index is 0.118. The van der Waals surface area contributed by atoms with Crippen molar-refractivity contribution in [3.05, 3.63) is 29.8 Å². The second kappa shape index (κ2) is 6.36. The van der Waals surface area contributed by atoms with Crippen LogP contribution in [-0.4, -0.2) is 28.2 Å². The van der Waals surface area contributed by atoms with Crippen LogP contribution in [0.2, 0.25) is 0 Å². The number of rotatable bonds is 5. The van der Waals surface area contributed by atoms with Crippen LogP contribution in [0.25, 0.3) is 0 Å². The molecule has 1 saturated heterocycles. The van der Waals surface area contributed by atoms with Crippen molar-refractivity contribution < 1.29 is 13.2 Å². The number of hydrogen-bond donors (Lipinski definition) is 2. The average Bonchev–Trinajstić information content (AvgIpc) is 2.37. The first-order chi connectivity index (χ1) is 9.03. The third-order valence-corrected chi connectivity index (χ3v) is 3.99. The number of benzene rings is 1. The van der Waals surface area contributed by atoms with E-state index in [2.05, 4.69) is 5.32 Å². The van der Waals surface area contributed by atoms with E-state index in [9.17, 15) is 8.42 Å². The van der Waals surface area contributed by atoms with Gasteiger partial charge >= 0.3 is 0 Å². The Bertz CT molecular complexity index is 493. The second-order valence-electron chi connectivity index (χ2n) is 4.94. The van der Waals surface area contributed by atoms with Crippen LogP contribution in [0.1, 0.15) is 18.4 Å². The lowest BCUT2D eigenvalue weighted by atomic mass is 10.0. The number of hydrogen-bond acceptors (Lipinski definition) is 4. The van der Waals surface area contributed by atoms with Crippen molar-refractivity contribution in [2.75, 3.05) is 25.1 Å². The molecule has 0 atom stereocenters.